The van der Waals surface area contributed by atoms with Gasteiger partial charge in [0.1, 0.15) is 0 Å². The van der Waals surface area contributed by atoms with Crippen molar-refractivity contribution in [2.45, 2.75) is 26.3 Å². The predicted octanol–water partition coefficient (Wildman–Crippen LogP) is 2.47. The van der Waals surface area contributed by atoms with E-state index in [1.807, 2.05) is 12.1 Å². The molecule has 100 valence electrons. The number of aromatic nitrogens is 1. The van der Waals surface area contributed by atoms with Crippen LogP contribution in [-0.4, -0.2) is 15.5 Å². The van der Waals surface area contributed by atoms with Crippen LogP contribution < -0.4 is 5.73 Å². The quantitative estimate of drug-likeness (QED) is 0.846. The number of nitrogens with two attached hydrogens (primary N) is 1. The third-order valence-corrected chi connectivity index (χ3v) is 2.64. The van der Waals surface area contributed by atoms with Crippen LogP contribution in [0.2, 0.25) is 0 Å². The zero-order valence-electron chi connectivity index (χ0n) is 10.1. The first-order valence-corrected chi connectivity index (χ1v) is 6.23. The average molecular weight is 291 g/mol. The maximum Gasteiger partial charge on any atom is 0.225 e. The predicted molar refractivity (Wildman–Crippen MR) is 72.2 cm³/mol. The molecule has 0 saturated heterocycles. The molecule has 0 aliphatic rings. The lowest BCUT2D eigenvalue weighted by Crippen LogP contribution is -2.10. The van der Waals surface area contributed by atoms with Gasteiger partial charge >= 0.3 is 0 Å². The van der Waals surface area contributed by atoms with E-state index >= 15 is 0 Å². The highest BCUT2D eigenvalue weighted by Gasteiger charge is 2.16. The number of hydrogen-bond donors (Lipinski definition) is 1. The fraction of sp³-hybridized carbons (Fsp3) is 0.417. The molecule has 0 amide bonds. The van der Waals surface area contributed by atoms with Crippen LogP contribution in [0.1, 0.15) is 25.3 Å². The molecule has 0 bridgehead atoms. The minimum absolute atomic E-state index is 0.0421. The van der Waals surface area contributed by atoms with E-state index in [0.29, 0.717) is 13.0 Å². The normalized spacial score (nSPS) is 11.1. The molecular weight excluding hydrogens is 275 g/mol. The van der Waals surface area contributed by atoms with Crippen LogP contribution in [0.4, 0.5) is 0 Å². The Morgan fingerprint density at radius 1 is 1.44 bits per heavy atom. The summed E-state index contributed by atoms with van der Waals surface area (Å²) in [6.07, 6.45) is 4.10. The monoisotopic (exact) mass is 290 g/mol. The molecule has 1 rings (SSSR count). The van der Waals surface area contributed by atoms with Gasteiger partial charge in [-0.25, -0.2) is 0 Å². The van der Waals surface area contributed by atoms with Gasteiger partial charge in [0.25, 0.3) is 0 Å². The highest BCUT2D eigenvalue weighted by Crippen LogP contribution is 2.13. The van der Waals surface area contributed by atoms with E-state index < -0.39 is 16.4 Å². The van der Waals surface area contributed by atoms with Crippen LogP contribution >= 0.6 is 23.2 Å². The molecule has 0 spiro atoms. The van der Waals surface area contributed by atoms with Crippen LogP contribution in [0.3, 0.4) is 0 Å². The molecule has 1 aromatic rings. The first-order chi connectivity index (χ1) is 8.51. The Hall–Kier alpha value is -0.970. The number of hydrogen-bond acceptors (Lipinski definition) is 4. The highest BCUT2D eigenvalue weighted by atomic mass is 35.5. The fourth-order valence-electron chi connectivity index (χ4n) is 1.10. The van der Waals surface area contributed by atoms with Gasteiger partial charge in [-0.15, -0.1) is 0 Å². The average Bonchev–Trinajstić information content (AvgIpc) is 2.37. The molecule has 0 saturated carbocycles. The molecule has 1 atom stereocenters. The lowest BCUT2D eigenvalue weighted by molar-refractivity contribution is -0.119. The van der Waals surface area contributed by atoms with Gasteiger partial charge in [-0.3, -0.25) is 14.6 Å². The van der Waals surface area contributed by atoms with E-state index in [9.17, 15) is 9.59 Å². The lowest BCUT2D eigenvalue weighted by atomic mass is 10.1. The highest BCUT2D eigenvalue weighted by molar-refractivity contribution is 6.66. The second-order valence-electron chi connectivity index (χ2n) is 3.53. The zero-order chi connectivity index (χ0) is 14.0. The second kappa shape index (κ2) is 10.00. The van der Waals surface area contributed by atoms with Crippen molar-refractivity contribution in [2.24, 2.45) is 11.7 Å². The van der Waals surface area contributed by atoms with E-state index in [1.54, 1.807) is 19.3 Å². The van der Waals surface area contributed by atoms with E-state index in [0.717, 1.165) is 5.56 Å². The van der Waals surface area contributed by atoms with Crippen molar-refractivity contribution in [3.8, 4) is 0 Å². The largest absolute Gasteiger partial charge is 0.326 e. The minimum atomic E-state index is -0.513. The Balaban J connectivity index is 0.000000327. The number of halogens is 2. The molecule has 0 fully saturated rings. The summed E-state index contributed by atoms with van der Waals surface area (Å²) in [7, 11) is 0. The molecule has 18 heavy (non-hydrogen) atoms. The van der Waals surface area contributed by atoms with E-state index in [-0.39, 0.29) is 6.42 Å². The third-order valence-electron chi connectivity index (χ3n) is 2.18. The molecule has 4 nitrogen and oxygen atoms in total. The summed E-state index contributed by atoms with van der Waals surface area (Å²) in [6.45, 7) is 2.36. The van der Waals surface area contributed by atoms with Gasteiger partial charge < -0.3 is 5.73 Å². The van der Waals surface area contributed by atoms with Gasteiger partial charge in [0, 0.05) is 31.3 Å². The van der Waals surface area contributed by atoms with Gasteiger partial charge in [0.05, 0.1) is 0 Å². The standard InChI is InChI=1S/C6H8Cl2O2.C6H8N2/c1-2-4(6(8)10)3-5(7)9;7-4-6-2-1-3-8-5-6/h4H,2-3H2,1H3;1-3,5H,4,7H2. The van der Waals surface area contributed by atoms with Crippen molar-refractivity contribution in [3.05, 3.63) is 30.1 Å². The van der Waals surface area contributed by atoms with Crippen molar-refractivity contribution in [1.82, 2.24) is 4.98 Å². The molecule has 1 aromatic heterocycles. The van der Waals surface area contributed by atoms with Crippen molar-refractivity contribution >= 4 is 33.7 Å². The Bertz CT molecular complexity index is 372. The van der Waals surface area contributed by atoms with Crippen molar-refractivity contribution in [2.75, 3.05) is 0 Å². The first kappa shape index (κ1) is 17.0. The number of carbonyl (C=O) groups is 2. The van der Waals surface area contributed by atoms with Crippen LogP contribution in [0.25, 0.3) is 0 Å². The number of rotatable bonds is 5. The summed E-state index contributed by atoms with van der Waals surface area (Å²) < 4.78 is 0. The molecule has 1 unspecified atom stereocenters. The summed E-state index contributed by atoms with van der Waals surface area (Å²) >= 11 is 10.2. The van der Waals surface area contributed by atoms with Crippen molar-refractivity contribution < 1.29 is 9.59 Å². The molecule has 0 aromatic carbocycles. The minimum Gasteiger partial charge on any atom is -0.326 e. The maximum atomic E-state index is 10.5. The molecule has 6 heteroatoms. The molecule has 1 heterocycles. The summed E-state index contributed by atoms with van der Waals surface area (Å²) in [4.78, 5) is 24.6. The Morgan fingerprint density at radius 3 is 2.33 bits per heavy atom. The van der Waals surface area contributed by atoms with Gasteiger partial charge in [0.2, 0.25) is 10.5 Å². The summed E-state index contributed by atoms with van der Waals surface area (Å²) in [5.74, 6) is -0.410. The number of pyridine rings is 1. The Kier molecular flexibility index (Phi) is 9.46. The van der Waals surface area contributed by atoms with Gasteiger partial charge in [-0.05, 0) is 41.3 Å². The van der Waals surface area contributed by atoms with Crippen molar-refractivity contribution in [1.29, 1.82) is 0 Å². The van der Waals surface area contributed by atoms with Crippen LogP contribution in [-0.2, 0) is 16.1 Å². The SMILES string of the molecule is CCC(CC(=O)Cl)C(=O)Cl.NCc1cccnc1. The molecule has 0 radical (unpaired) electrons. The number of carbonyl (C=O) groups excluding carboxylic acids is 2. The van der Waals surface area contributed by atoms with E-state index in [4.69, 9.17) is 28.9 Å². The van der Waals surface area contributed by atoms with Crippen LogP contribution in [0.5, 0.6) is 0 Å². The molecule has 0 aliphatic carbocycles. The first-order valence-electron chi connectivity index (χ1n) is 5.47. The van der Waals surface area contributed by atoms with Crippen LogP contribution in [0, 0.1) is 5.92 Å². The maximum absolute atomic E-state index is 10.5. The summed E-state index contributed by atoms with van der Waals surface area (Å²) in [6, 6.07) is 3.83. The summed E-state index contributed by atoms with van der Waals surface area (Å²) in [5, 5.41) is -1.00. The van der Waals surface area contributed by atoms with Crippen LogP contribution in [0.15, 0.2) is 24.5 Å². The third kappa shape index (κ3) is 8.17. The fourth-order valence-corrected chi connectivity index (χ4v) is 1.52. The second-order valence-corrected chi connectivity index (χ2v) is 4.33. The topological polar surface area (TPSA) is 73.0 Å². The zero-order valence-corrected chi connectivity index (χ0v) is 11.6. The summed E-state index contributed by atoms with van der Waals surface area (Å²) in [5.41, 5.74) is 6.39. The van der Waals surface area contributed by atoms with E-state index in [1.165, 1.54) is 0 Å². The van der Waals surface area contributed by atoms with Crippen molar-refractivity contribution in [3.63, 3.8) is 0 Å². The Labute approximate surface area is 116 Å². The lowest BCUT2D eigenvalue weighted by Gasteiger charge is -2.03. The van der Waals surface area contributed by atoms with Gasteiger partial charge in [-0.1, -0.05) is 13.0 Å². The molecule has 2 N–H and O–H groups in total. The smallest absolute Gasteiger partial charge is 0.225 e. The number of nitrogens with zero attached hydrogens (tertiary/aromatic N) is 1. The Morgan fingerprint density at radius 2 is 2.11 bits per heavy atom. The van der Waals surface area contributed by atoms with Gasteiger partial charge in [-0.2, -0.15) is 0 Å². The van der Waals surface area contributed by atoms with Gasteiger partial charge in [0.15, 0.2) is 0 Å². The molecule has 0 aliphatic heterocycles. The van der Waals surface area contributed by atoms with E-state index in [2.05, 4.69) is 4.98 Å². The molecular formula is C12H16Cl2N2O2.